The summed E-state index contributed by atoms with van der Waals surface area (Å²) in [6.45, 7) is 8.05. The van der Waals surface area contributed by atoms with Crippen LogP contribution >= 0.6 is 11.6 Å². The number of carbonyl (C=O) groups is 1. The average Bonchev–Trinajstić information content (AvgIpc) is 2.49. The van der Waals surface area contributed by atoms with Gasteiger partial charge < -0.3 is 10.4 Å². The van der Waals surface area contributed by atoms with Crippen molar-refractivity contribution in [3.05, 3.63) is 34.9 Å². The Morgan fingerprint density at radius 3 is 2.83 bits per heavy atom. The Hall–Kier alpha value is -1.14. The molecule has 1 aliphatic heterocycles. The topological polar surface area (TPSA) is 55.8 Å². The van der Waals surface area contributed by atoms with Gasteiger partial charge in [-0.05, 0) is 25.5 Å². The van der Waals surface area contributed by atoms with Gasteiger partial charge in [-0.2, -0.15) is 0 Å². The molecule has 2 rings (SSSR count). The molecular weight excluding hydrogens is 314 g/mol. The molecule has 2 N–H and O–H groups in total. The molecule has 1 amide bonds. The van der Waals surface area contributed by atoms with E-state index in [1.807, 2.05) is 24.3 Å². The molecule has 2 atom stereocenters. The van der Waals surface area contributed by atoms with Crippen molar-refractivity contribution in [1.29, 1.82) is 0 Å². The van der Waals surface area contributed by atoms with Crippen molar-refractivity contribution in [2.75, 3.05) is 32.7 Å². The molecule has 0 aromatic heterocycles. The first-order chi connectivity index (χ1) is 11.0. The highest BCUT2D eigenvalue weighted by atomic mass is 35.5. The molecule has 128 valence electrons. The van der Waals surface area contributed by atoms with Crippen LogP contribution in [0.1, 0.15) is 19.4 Å². The number of carbonyl (C=O) groups excluding carboxylic acids is 1. The fourth-order valence-electron chi connectivity index (χ4n) is 2.92. The van der Waals surface area contributed by atoms with Gasteiger partial charge in [0.05, 0.1) is 12.6 Å². The molecule has 1 saturated heterocycles. The second kappa shape index (κ2) is 8.64. The molecule has 1 aliphatic rings. The number of β-amino-alcohol motifs (C(OH)–C–C–N with tert-alkyl or cyclic N) is 1. The zero-order chi connectivity index (χ0) is 16.8. The normalized spacial score (nSPS) is 21.1. The van der Waals surface area contributed by atoms with Crippen LogP contribution in [0.4, 0.5) is 0 Å². The van der Waals surface area contributed by atoms with Gasteiger partial charge in [-0.1, -0.05) is 29.8 Å². The predicted octanol–water partition coefficient (Wildman–Crippen LogP) is 1.34. The highest BCUT2D eigenvalue weighted by Crippen LogP contribution is 2.14. The van der Waals surface area contributed by atoms with Crippen molar-refractivity contribution >= 4 is 17.5 Å². The van der Waals surface area contributed by atoms with Crippen LogP contribution in [0, 0.1) is 0 Å². The summed E-state index contributed by atoms with van der Waals surface area (Å²) in [5.74, 6) is 0.0149. The van der Waals surface area contributed by atoms with Crippen molar-refractivity contribution < 1.29 is 9.90 Å². The molecule has 0 aliphatic carbocycles. The van der Waals surface area contributed by atoms with Gasteiger partial charge in [0.25, 0.3) is 0 Å². The average molecular weight is 340 g/mol. The standard InChI is InChI=1S/C17H26ClN3O2/c1-13-10-20(7-8-21(13)11-14(2)22)12-17(23)19-9-15-5-3-4-6-16(15)18/h3-6,13-14,22H,7-12H2,1-2H3,(H,19,23)/t13-,14+/m1/s1. The Morgan fingerprint density at radius 2 is 2.17 bits per heavy atom. The number of hydrogen-bond acceptors (Lipinski definition) is 4. The second-order valence-corrected chi connectivity index (χ2v) is 6.70. The van der Waals surface area contributed by atoms with E-state index in [1.165, 1.54) is 0 Å². The Morgan fingerprint density at radius 1 is 1.43 bits per heavy atom. The second-order valence-electron chi connectivity index (χ2n) is 6.30. The summed E-state index contributed by atoms with van der Waals surface area (Å²) < 4.78 is 0. The molecule has 0 unspecified atom stereocenters. The van der Waals surface area contributed by atoms with Crippen LogP contribution < -0.4 is 5.32 Å². The van der Waals surface area contributed by atoms with E-state index in [-0.39, 0.29) is 12.0 Å². The van der Waals surface area contributed by atoms with E-state index in [1.54, 1.807) is 6.92 Å². The van der Waals surface area contributed by atoms with Crippen LogP contribution in [0.15, 0.2) is 24.3 Å². The van der Waals surface area contributed by atoms with Crippen molar-refractivity contribution in [3.63, 3.8) is 0 Å². The van der Waals surface area contributed by atoms with E-state index in [0.29, 0.717) is 30.7 Å². The van der Waals surface area contributed by atoms with Crippen molar-refractivity contribution in [3.8, 4) is 0 Å². The lowest BCUT2D eigenvalue weighted by Gasteiger charge is -2.40. The number of halogens is 1. The van der Waals surface area contributed by atoms with Gasteiger partial charge in [-0.15, -0.1) is 0 Å². The zero-order valence-electron chi connectivity index (χ0n) is 13.8. The Balaban J connectivity index is 1.75. The minimum Gasteiger partial charge on any atom is -0.392 e. The fraction of sp³-hybridized carbons (Fsp3) is 0.588. The van der Waals surface area contributed by atoms with E-state index in [4.69, 9.17) is 11.6 Å². The van der Waals surface area contributed by atoms with Crippen LogP contribution in [-0.4, -0.2) is 65.7 Å². The maximum Gasteiger partial charge on any atom is 0.234 e. The Kier molecular flexibility index (Phi) is 6.84. The molecule has 1 fully saturated rings. The van der Waals surface area contributed by atoms with Gasteiger partial charge in [-0.3, -0.25) is 14.6 Å². The number of rotatable bonds is 6. The third-order valence-electron chi connectivity index (χ3n) is 4.15. The van der Waals surface area contributed by atoms with Crippen LogP contribution in [0.3, 0.4) is 0 Å². The number of aliphatic hydroxyl groups excluding tert-OH is 1. The monoisotopic (exact) mass is 339 g/mol. The first-order valence-corrected chi connectivity index (χ1v) is 8.48. The lowest BCUT2D eigenvalue weighted by Crippen LogP contribution is -2.55. The minimum atomic E-state index is -0.317. The fourth-order valence-corrected chi connectivity index (χ4v) is 3.12. The summed E-state index contributed by atoms with van der Waals surface area (Å²) in [4.78, 5) is 16.5. The molecule has 1 heterocycles. The molecule has 23 heavy (non-hydrogen) atoms. The number of nitrogens with zero attached hydrogens (tertiary/aromatic N) is 2. The van der Waals surface area contributed by atoms with Crippen LogP contribution in [-0.2, 0) is 11.3 Å². The molecular formula is C17H26ClN3O2. The number of aliphatic hydroxyl groups is 1. The van der Waals surface area contributed by atoms with E-state index < -0.39 is 0 Å². The highest BCUT2D eigenvalue weighted by molar-refractivity contribution is 6.31. The molecule has 1 aromatic rings. The first-order valence-electron chi connectivity index (χ1n) is 8.10. The maximum atomic E-state index is 12.1. The molecule has 6 heteroatoms. The summed E-state index contributed by atoms with van der Waals surface area (Å²) in [6.07, 6.45) is -0.317. The highest BCUT2D eigenvalue weighted by Gasteiger charge is 2.25. The minimum absolute atomic E-state index is 0.0149. The van der Waals surface area contributed by atoms with Gasteiger partial charge in [0.2, 0.25) is 5.91 Å². The van der Waals surface area contributed by atoms with Crippen molar-refractivity contribution in [1.82, 2.24) is 15.1 Å². The molecule has 0 bridgehead atoms. The van der Waals surface area contributed by atoms with Gasteiger partial charge in [0.15, 0.2) is 0 Å². The summed E-state index contributed by atoms with van der Waals surface area (Å²) in [5.41, 5.74) is 0.928. The number of nitrogens with one attached hydrogen (secondary N) is 1. The van der Waals surface area contributed by atoms with Crippen LogP contribution in [0.25, 0.3) is 0 Å². The van der Waals surface area contributed by atoms with Crippen molar-refractivity contribution in [2.45, 2.75) is 32.5 Å². The smallest absolute Gasteiger partial charge is 0.234 e. The first kappa shape index (κ1) is 18.2. The summed E-state index contributed by atoms with van der Waals surface area (Å²) >= 11 is 6.09. The van der Waals surface area contributed by atoms with E-state index >= 15 is 0 Å². The number of benzene rings is 1. The Bertz CT molecular complexity index is 524. The summed E-state index contributed by atoms with van der Waals surface area (Å²) in [5, 5.41) is 13.1. The molecule has 1 aromatic carbocycles. The molecule has 5 nitrogen and oxygen atoms in total. The number of hydrogen-bond donors (Lipinski definition) is 2. The summed E-state index contributed by atoms with van der Waals surface area (Å²) in [7, 11) is 0. The van der Waals surface area contributed by atoms with E-state index in [0.717, 1.165) is 25.2 Å². The van der Waals surface area contributed by atoms with Crippen LogP contribution in [0.5, 0.6) is 0 Å². The van der Waals surface area contributed by atoms with E-state index in [9.17, 15) is 9.90 Å². The molecule has 0 saturated carbocycles. The van der Waals surface area contributed by atoms with Crippen LogP contribution in [0.2, 0.25) is 5.02 Å². The lowest BCUT2D eigenvalue weighted by molar-refractivity contribution is -0.123. The third-order valence-corrected chi connectivity index (χ3v) is 4.52. The summed E-state index contributed by atoms with van der Waals surface area (Å²) in [6, 6.07) is 7.87. The zero-order valence-corrected chi connectivity index (χ0v) is 14.6. The Labute approximate surface area is 143 Å². The SMILES string of the molecule is C[C@H](O)CN1CCN(CC(=O)NCc2ccccc2Cl)C[C@H]1C. The lowest BCUT2D eigenvalue weighted by atomic mass is 10.1. The largest absolute Gasteiger partial charge is 0.392 e. The quantitative estimate of drug-likeness (QED) is 0.821. The number of amides is 1. The number of piperazine rings is 1. The molecule has 0 radical (unpaired) electrons. The van der Waals surface area contributed by atoms with Crippen molar-refractivity contribution in [2.24, 2.45) is 0 Å². The van der Waals surface area contributed by atoms with E-state index in [2.05, 4.69) is 22.0 Å². The van der Waals surface area contributed by atoms with Gasteiger partial charge >= 0.3 is 0 Å². The van der Waals surface area contributed by atoms with Gasteiger partial charge in [0.1, 0.15) is 0 Å². The van der Waals surface area contributed by atoms with Gasteiger partial charge in [0, 0.05) is 43.8 Å². The predicted molar refractivity (Wildman–Crippen MR) is 92.5 cm³/mol. The third kappa shape index (κ3) is 5.77. The maximum absolute atomic E-state index is 12.1. The molecule has 0 spiro atoms. The van der Waals surface area contributed by atoms with Gasteiger partial charge in [-0.25, -0.2) is 0 Å².